The molecule has 38 heavy (non-hydrogen) atoms. The molecule has 2 aromatic rings. The minimum atomic E-state index is 0.0905. The third-order valence-corrected chi connectivity index (χ3v) is 10.3. The van der Waals surface area contributed by atoms with Gasteiger partial charge in [-0.15, -0.1) is 0 Å². The predicted octanol–water partition coefficient (Wildman–Crippen LogP) is 4.90. The Hall–Kier alpha value is -1.62. The number of aryl methyl sites for hydroxylation is 2. The van der Waals surface area contributed by atoms with E-state index in [0.29, 0.717) is 23.6 Å². The van der Waals surface area contributed by atoms with E-state index in [1.165, 1.54) is 18.4 Å². The van der Waals surface area contributed by atoms with E-state index in [0.717, 1.165) is 70.0 Å². The molecule has 0 saturated carbocycles. The van der Waals surface area contributed by atoms with Gasteiger partial charge in [0.25, 0.3) is 5.91 Å². The second kappa shape index (κ2) is 11.9. The molecular weight excluding hydrogens is 587 g/mol. The molecule has 3 saturated heterocycles. The van der Waals surface area contributed by atoms with Gasteiger partial charge in [-0.25, -0.2) is 13.1 Å². The first kappa shape index (κ1) is 27.9. The van der Waals surface area contributed by atoms with Crippen molar-refractivity contribution in [2.45, 2.75) is 71.0 Å². The number of amides is 1. The number of carbonyl (C=O) groups is 1. The first-order chi connectivity index (χ1) is 18.3. The number of hydrogen-bond acceptors (Lipinski definition) is 6. The molecule has 206 valence electrons. The molecule has 1 aromatic heterocycles. The van der Waals surface area contributed by atoms with Gasteiger partial charge in [0.05, 0.1) is 17.0 Å². The lowest BCUT2D eigenvalue weighted by atomic mass is 9.80. The summed E-state index contributed by atoms with van der Waals surface area (Å²) in [6.07, 6.45) is 6.05. The summed E-state index contributed by atoms with van der Waals surface area (Å²) in [4.78, 5) is 29.4. The highest BCUT2D eigenvalue weighted by atomic mass is 127. The van der Waals surface area contributed by atoms with Crippen LogP contribution in [0.4, 0.5) is 0 Å². The molecule has 0 aliphatic carbocycles. The molecule has 0 spiro atoms. The van der Waals surface area contributed by atoms with Gasteiger partial charge in [-0.1, -0.05) is 30.3 Å². The molecule has 0 radical (unpaired) electrons. The van der Waals surface area contributed by atoms with Gasteiger partial charge in [0.15, 0.2) is 0 Å². The van der Waals surface area contributed by atoms with E-state index in [-0.39, 0.29) is 11.4 Å². The maximum atomic E-state index is 13.3. The van der Waals surface area contributed by atoms with Gasteiger partial charge >= 0.3 is 0 Å². The molecule has 5 rings (SSSR count). The number of piperidine rings is 2. The number of halogens is 1. The van der Waals surface area contributed by atoms with E-state index >= 15 is 0 Å². The molecule has 3 aliphatic rings. The summed E-state index contributed by atoms with van der Waals surface area (Å²) < 4.78 is 2.44. The lowest BCUT2D eigenvalue weighted by Crippen LogP contribution is -2.57. The van der Waals surface area contributed by atoms with E-state index in [1.54, 1.807) is 6.33 Å². The summed E-state index contributed by atoms with van der Waals surface area (Å²) in [5.74, 6) is 0.763. The van der Waals surface area contributed by atoms with Gasteiger partial charge in [0.1, 0.15) is 6.33 Å². The molecule has 0 unspecified atom stereocenters. The maximum absolute atomic E-state index is 13.3. The lowest BCUT2D eigenvalue weighted by molar-refractivity contribution is -0.0120. The number of carbonyl (C=O) groups excluding carboxylic acids is 1. The highest BCUT2D eigenvalue weighted by Gasteiger charge is 2.42. The van der Waals surface area contributed by atoms with Crippen LogP contribution >= 0.6 is 22.9 Å². The fourth-order valence-corrected chi connectivity index (χ4v) is 7.83. The van der Waals surface area contributed by atoms with E-state index < -0.39 is 0 Å². The highest BCUT2D eigenvalue weighted by molar-refractivity contribution is 14.1. The summed E-state index contributed by atoms with van der Waals surface area (Å²) in [6.45, 7) is 15.9. The molecule has 1 aromatic carbocycles. The molecule has 2 atom stereocenters. The highest BCUT2D eigenvalue weighted by Crippen LogP contribution is 2.40. The Morgan fingerprint density at radius 2 is 1.61 bits per heavy atom. The quantitative estimate of drug-likeness (QED) is 0.347. The molecular formula is C30H43IN6O. The SMILES string of the molecule is Cc1ncnc(C)c1C(=O)N1CCC(C)(N2CCC([C@@H](c3ccccc3)N3CCN(I)C[C@@H]3C)CC2)CC1. The maximum Gasteiger partial charge on any atom is 0.257 e. The topological polar surface area (TPSA) is 55.8 Å². The average Bonchev–Trinajstić information content (AvgIpc) is 2.91. The standard InChI is InChI=1S/C30H43IN6O/c1-22-20-36(31)18-19-37(22)28(25-8-6-5-7-9-25)26-10-14-35(15-11-26)30(4)12-16-34(17-13-30)29(38)27-23(2)32-21-33-24(27)3/h5-9,21-22,26,28H,10-20H2,1-4H3/t22-,28+/m0/s1. The minimum absolute atomic E-state index is 0.0905. The number of aromatic nitrogens is 2. The predicted molar refractivity (Wildman–Crippen MR) is 160 cm³/mol. The number of piperazine rings is 1. The van der Waals surface area contributed by atoms with Crippen molar-refractivity contribution in [3.05, 3.63) is 59.2 Å². The van der Waals surface area contributed by atoms with Crippen molar-refractivity contribution in [3.8, 4) is 0 Å². The van der Waals surface area contributed by atoms with Crippen molar-refractivity contribution in [1.82, 2.24) is 27.8 Å². The first-order valence-electron chi connectivity index (χ1n) is 14.3. The molecule has 1 amide bonds. The van der Waals surface area contributed by atoms with Crippen LogP contribution in [0.15, 0.2) is 36.7 Å². The van der Waals surface area contributed by atoms with Crippen LogP contribution in [-0.2, 0) is 0 Å². The molecule has 7 nitrogen and oxygen atoms in total. The van der Waals surface area contributed by atoms with Crippen LogP contribution in [0.1, 0.15) is 72.9 Å². The third kappa shape index (κ3) is 5.78. The zero-order chi connectivity index (χ0) is 26.9. The molecule has 4 heterocycles. The van der Waals surface area contributed by atoms with Gasteiger partial charge in [-0.2, -0.15) is 0 Å². The van der Waals surface area contributed by atoms with Gasteiger partial charge < -0.3 is 4.90 Å². The van der Waals surface area contributed by atoms with Crippen molar-refractivity contribution in [2.75, 3.05) is 45.8 Å². The molecule has 3 aliphatic heterocycles. The summed E-state index contributed by atoms with van der Waals surface area (Å²) in [5.41, 5.74) is 3.87. The normalized spacial score (nSPS) is 24.9. The monoisotopic (exact) mass is 630 g/mol. The minimum Gasteiger partial charge on any atom is -0.338 e. The zero-order valence-electron chi connectivity index (χ0n) is 23.4. The second-order valence-corrected chi connectivity index (χ2v) is 13.2. The summed E-state index contributed by atoms with van der Waals surface area (Å²) in [6, 6.07) is 12.3. The number of nitrogens with zero attached hydrogens (tertiary/aromatic N) is 6. The van der Waals surface area contributed by atoms with Crippen molar-refractivity contribution >= 4 is 28.8 Å². The molecule has 0 N–H and O–H groups in total. The van der Waals surface area contributed by atoms with Crippen LogP contribution in [0, 0.1) is 19.8 Å². The number of benzene rings is 1. The largest absolute Gasteiger partial charge is 0.338 e. The van der Waals surface area contributed by atoms with Crippen LogP contribution in [0.25, 0.3) is 0 Å². The van der Waals surface area contributed by atoms with Crippen LogP contribution in [0.2, 0.25) is 0 Å². The van der Waals surface area contributed by atoms with Crippen molar-refractivity contribution < 1.29 is 4.79 Å². The fourth-order valence-electron chi connectivity index (χ4n) is 7.05. The number of hydrogen-bond donors (Lipinski definition) is 0. The van der Waals surface area contributed by atoms with Crippen molar-refractivity contribution in [1.29, 1.82) is 0 Å². The first-order valence-corrected chi connectivity index (χ1v) is 15.3. The fraction of sp³-hybridized carbons (Fsp3) is 0.633. The van der Waals surface area contributed by atoms with Gasteiger partial charge in [0.2, 0.25) is 0 Å². The van der Waals surface area contributed by atoms with Gasteiger partial charge in [-0.3, -0.25) is 14.6 Å². The second-order valence-electron chi connectivity index (χ2n) is 11.8. The average molecular weight is 631 g/mol. The van der Waals surface area contributed by atoms with E-state index in [9.17, 15) is 4.79 Å². The molecule has 0 bridgehead atoms. The Labute approximate surface area is 242 Å². The third-order valence-electron chi connectivity index (χ3n) is 9.45. The van der Waals surface area contributed by atoms with Crippen LogP contribution in [0.3, 0.4) is 0 Å². The Morgan fingerprint density at radius 3 is 2.21 bits per heavy atom. The summed E-state index contributed by atoms with van der Waals surface area (Å²) in [7, 11) is 0. The Balaban J connectivity index is 1.23. The molecule has 8 heteroatoms. The summed E-state index contributed by atoms with van der Waals surface area (Å²) >= 11 is 2.48. The van der Waals surface area contributed by atoms with Gasteiger partial charge in [0, 0.05) is 73.2 Å². The van der Waals surface area contributed by atoms with E-state index in [1.807, 2.05) is 18.7 Å². The smallest absolute Gasteiger partial charge is 0.257 e. The van der Waals surface area contributed by atoms with E-state index in [2.05, 4.69) is 89.9 Å². The van der Waals surface area contributed by atoms with Gasteiger partial charge in [-0.05, 0) is 77.9 Å². The molecule has 3 fully saturated rings. The number of rotatable bonds is 5. The summed E-state index contributed by atoms with van der Waals surface area (Å²) in [5, 5.41) is 0. The number of likely N-dealkylation sites (tertiary alicyclic amines) is 2. The zero-order valence-corrected chi connectivity index (χ0v) is 25.6. The lowest BCUT2D eigenvalue weighted by Gasteiger charge is -2.51. The van der Waals surface area contributed by atoms with Crippen molar-refractivity contribution in [3.63, 3.8) is 0 Å². The van der Waals surface area contributed by atoms with Crippen molar-refractivity contribution in [2.24, 2.45) is 5.92 Å². The van der Waals surface area contributed by atoms with E-state index in [4.69, 9.17) is 0 Å². The Bertz CT molecular complexity index is 1080. The van der Waals surface area contributed by atoms with Crippen LogP contribution in [-0.4, -0.2) is 91.1 Å². The Morgan fingerprint density at radius 1 is 0.974 bits per heavy atom. The van der Waals surface area contributed by atoms with Crippen LogP contribution in [0.5, 0.6) is 0 Å². The van der Waals surface area contributed by atoms with Crippen LogP contribution < -0.4 is 0 Å². The Kier molecular flexibility index (Phi) is 8.72.